The SMILES string of the molecule is COc1ccccc1NC(=O)[C@@H](C)Sc1nnc(-c2ccccc2F)n1C1CC1. The maximum atomic E-state index is 14.3. The zero-order chi connectivity index (χ0) is 20.4. The van der Waals surface area contributed by atoms with Crippen LogP contribution in [0.1, 0.15) is 25.8 Å². The number of benzene rings is 2. The van der Waals surface area contributed by atoms with Crippen LogP contribution in [0.25, 0.3) is 11.4 Å². The van der Waals surface area contributed by atoms with E-state index in [0.29, 0.717) is 28.0 Å². The summed E-state index contributed by atoms with van der Waals surface area (Å²) in [5.41, 5.74) is 1.04. The fourth-order valence-corrected chi connectivity index (χ4v) is 3.96. The molecule has 0 radical (unpaired) electrons. The summed E-state index contributed by atoms with van der Waals surface area (Å²) in [5, 5.41) is 11.6. The summed E-state index contributed by atoms with van der Waals surface area (Å²) >= 11 is 1.31. The summed E-state index contributed by atoms with van der Waals surface area (Å²) < 4.78 is 21.5. The number of para-hydroxylation sites is 2. The number of thioether (sulfide) groups is 1. The van der Waals surface area contributed by atoms with Crippen LogP contribution in [0.2, 0.25) is 0 Å². The number of methoxy groups -OCH3 is 1. The number of halogens is 1. The van der Waals surface area contributed by atoms with E-state index in [4.69, 9.17) is 4.74 Å². The zero-order valence-electron chi connectivity index (χ0n) is 16.1. The Kier molecular flexibility index (Phi) is 5.53. The molecule has 1 aliphatic carbocycles. The third kappa shape index (κ3) is 4.12. The zero-order valence-corrected chi connectivity index (χ0v) is 16.9. The molecule has 8 heteroatoms. The van der Waals surface area contributed by atoms with Crippen LogP contribution in [-0.4, -0.2) is 33.0 Å². The van der Waals surface area contributed by atoms with Crippen LogP contribution in [0.5, 0.6) is 5.75 Å². The molecule has 6 nitrogen and oxygen atoms in total. The maximum absolute atomic E-state index is 14.3. The third-order valence-electron chi connectivity index (χ3n) is 4.71. The van der Waals surface area contributed by atoms with Crippen LogP contribution in [0, 0.1) is 5.82 Å². The largest absolute Gasteiger partial charge is 0.495 e. The average molecular weight is 412 g/mol. The monoisotopic (exact) mass is 412 g/mol. The minimum atomic E-state index is -0.421. The smallest absolute Gasteiger partial charge is 0.237 e. The van der Waals surface area contributed by atoms with Crippen molar-refractivity contribution in [1.82, 2.24) is 14.8 Å². The van der Waals surface area contributed by atoms with E-state index in [-0.39, 0.29) is 17.8 Å². The number of hydrogen-bond donors (Lipinski definition) is 1. The van der Waals surface area contributed by atoms with Gasteiger partial charge in [0.15, 0.2) is 11.0 Å². The molecule has 0 unspecified atom stereocenters. The fraction of sp³-hybridized carbons (Fsp3) is 0.286. The number of amides is 1. The molecule has 0 aliphatic heterocycles. The van der Waals surface area contributed by atoms with Crippen molar-refractivity contribution >= 4 is 23.4 Å². The topological polar surface area (TPSA) is 69.0 Å². The van der Waals surface area contributed by atoms with E-state index >= 15 is 0 Å². The first-order valence-corrected chi connectivity index (χ1v) is 10.3. The molecule has 1 atom stereocenters. The number of nitrogens with one attached hydrogen (secondary N) is 1. The van der Waals surface area contributed by atoms with Gasteiger partial charge in [0.25, 0.3) is 0 Å². The first-order chi connectivity index (χ1) is 14.1. The van der Waals surface area contributed by atoms with Crippen LogP contribution < -0.4 is 10.1 Å². The number of anilines is 1. The third-order valence-corrected chi connectivity index (χ3v) is 5.76. The van der Waals surface area contributed by atoms with Crippen molar-refractivity contribution in [3.05, 3.63) is 54.3 Å². The van der Waals surface area contributed by atoms with Crippen molar-refractivity contribution < 1.29 is 13.9 Å². The number of ether oxygens (including phenoxy) is 1. The van der Waals surface area contributed by atoms with Crippen LogP contribution in [0.15, 0.2) is 53.7 Å². The predicted molar refractivity (Wildman–Crippen MR) is 111 cm³/mol. The highest BCUT2D eigenvalue weighted by molar-refractivity contribution is 8.00. The van der Waals surface area contributed by atoms with Gasteiger partial charge in [-0.15, -0.1) is 10.2 Å². The lowest BCUT2D eigenvalue weighted by molar-refractivity contribution is -0.115. The van der Waals surface area contributed by atoms with Crippen LogP contribution in [0.3, 0.4) is 0 Å². The van der Waals surface area contributed by atoms with Crippen molar-refractivity contribution in [1.29, 1.82) is 0 Å². The molecule has 1 N–H and O–H groups in total. The Bertz CT molecular complexity index is 1040. The fourth-order valence-electron chi connectivity index (χ4n) is 3.04. The Balaban J connectivity index is 1.55. The molecule has 150 valence electrons. The van der Waals surface area contributed by atoms with Gasteiger partial charge in [-0.05, 0) is 44.0 Å². The van der Waals surface area contributed by atoms with Gasteiger partial charge in [0, 0.05) is 6.04 Å². The van der Waals surface area contributed by atoms with E-state index in [1.165, 1.54) is 17.8 Å². The van der Waals surface area contributed by atoms with Gasteiger partial charge in [-0.25, -0.2) is 4.39 Å². The quantitative estimate of drug-likeness (QED) is 0.577. The lowest BCUT2D eigenvalue weighted by Gasteiger charge is -2.15. The number of aromatic nitrogens is 3. The number of hydrogen-bond acceptors (Lipinski definition) is 5. The molecule has 0 saturated heterocycles. The van der Waals surface area contributed by atoms with Crippen molar-refractivity contribution in [3.63, 3.8) is 0 Å². The number of nitrogens with zero attached hydrogens (tertiary/aromatic N) is 3. The van der Waals surface area contributed by atoms with Gasteiger partial charge in [-0.3, -0.25) is 9.36 Å². The Morgan fingerprint density at radius 2 is 1.93 bits per heavy atom. The van der Waals surface area contributed by atoms with Gasteiger partial charge in [-0.2, -0.15) is 0 Å². The van der Waals surface area contributed by atoms with E-state index < -0.39 is 5.25 Å². The first kappa shape index (κ1) is 19.4. The second kappa shape index (κ2) is 8.24. The molecular weight excluding hydrogens is 391 g/mol. The van der Waals surface area contributed by atoms with Crippen molar-refractivity contribution in [3.8, 4) is 17.1 Å². The highest BCUT2D eigenvalue weighted by Crippen LogP contribution is 2.42. The summed E-state index contributed by atoms with van der Waals surface area (Å²) in [4.78, 5) is 12.7. The number of rotatable bonds is 7. The van der Waals surface area contributed by atoms with Crippen LogP contribution in [0.4, 0.5) is 10.1 Å². The Morgan fingerprint density at radius 1 is 1.21 bits per heavy atom. The molecule has 1 heterocycles. The molecule has 1 fully saturated rings. The predicted octanol–water partition coefficient (Wildman–Crippen LogP) is 4.55. The van der Waals surface area contributed by atoms with Crippen molar-refractivity contribution in [2.24, 2.45) is 0 Å². The highest BCUT2D eigenvalue weighted by atomic mass is 32.2. The molecule has 4 rings (SSSR count). The summed E-state index contributed by atoms with van der Waals surface area (Å²) in [6.07, 6.45) is 1.99. The minimum absolute atomic E-state index is 0.169. The van der Waals surface area contributed by atoms with Crippen molar-refractivity contribution in [2.75, 3.05) is 12.4 Å². The Labute approximate surface area is 172 Å². The molecular formula is C21H21FN4O2S. The Morgan fingerprint density at radius 3 is 2.66 bits per heavy atom. The lowest BCUT2D eigenvalue weighted by atomic mass is 10.2. The van der Waals surface area contributed by atoms with Crippen LogP contribution in [-0.2, 0) is 4.79 Å². The normalized spacial score (nSPS) is 14.4. The molecule has 1 saturated carbocycles. The minimum Gasteiger partial charge on any atom is -0.495 e. The molecule has 1 aliphatic rings. The second-order valence-electron chi connectivity index (χ2n) is 6.84. The molecule has 1 aromatic heterocycles. The molecule has 2 aromatic carbocycles. The highest BCUT2D eigenvalue weighted by Gasteiger charge is 2.32. The van der Waals surface area contributed by atoms with Gasteiger partial charge < -0.3 is 10.1 Å². The van der Waals surface area contributed by atoms with E-state index in [9.17, 15) is 9.18 Å². The standard InChI is InChI=1S/C21H21FN4O2S/c1-13(20(27)23-17-9-5-6-10-18(17)28-2)29-21-25-24-19(26(21)14-11-12-14)15-7-3-4-8-16(15)22/h3-10,13-14H,11-12H2,1-2H3,(H,23,27)/t13-/m1/s1. The summed E-state index contributed by atoms with van der Waals surface area (Å²) in [6, 6.07) is 14.0. The van der Waals surface area contributed by atoms with Gasteiger partial charge in [0.2, 0.25) is 5.91 Å². The second-order valence-corrected chi connectivity index (χ2v) is 8.14. The Hall–Kier alpha value is -2.87. The number of carbonyl (C=O) groups excluding carboxylic acids is 1. The average Bonchev–Trinajstić information content (AvgIpc) is 3.49. The molecule has 0 spiro atoms. The number of carbonyl (C=O) groups is 1. The molecule has 29 heavy (non-hydrogen) atoms. The maximum Gasteiger partial charge on any atom is 0.237 e. The van der Waals surface area contributed by atoms with Gasteiger partial charge in [0.05, 0.1) is 23.6 Å². The summed E-state index contributed by atoms with van der Waals surface area (Å²) in [6.45, 7) is 1.81. The van der Waals surface area contributed by atoms with Gasteiger partial charge in [-0.1, -0.05) is 36.0 Å². The van der Waals surface area contributed by atoms with E-state index in [2.05, 4.69) is 15.5 Å². The first-order valence-electron chi connectivity index (χ1n) is 9.39. The van der Waals surface area contributed by atoms with Crippen LogP contribution >= 0.6 is 11.8 Å². The van der Waals surface area contributed by atoms with E-state index in [0.717, 1.165) is 12.8 Å². The summed E-state index contributed by atoms with van der Waals surface area (Å²) in [7, 11) is 1.56. The van der Waals surface area contributed by atoms with E-state index in [1.807, 2.05) is 23.6 Å². The van der Waals surface area contributed by atoms with Gasteiger partial charge in [0.1, 0.15) is 11.6 Å². The molecule has 0 bridgehead atoms. The molecule has 1 amide bonds. The van der Waals surface area contributed by atoms with E-state index in [1.54, 1.807) is 37.4 Å². The summed E-state index contributed by atoms with van der Waals surface area (Å²) in [5.74, 6) is 0.601. The molecule has 3 aromatic rings. The lowest BCUT2D eigenvalue weighted by Crippen LogP contribution is -2.23. The van der Waals surface area contributed by atoms with Gasteiger partial charge >= 0.3 is 0 Å². The van der Waals surface area contributed by atoms with Crippen molar-refractivity contribution in [2.45, 2.75) is 36.2 Å².